The summed E-state index contributed by atoms with van der Waals surface area (Å²) < 4.78 is 54.1. The number of aromatic nitrogens is 3. The number of likely N-dealkylation sites (N-methyl/N-ethyl adjacent to an activating group) is 2. The van der Waals surface area contributed by atoms with Crippen LogP contribution >= 0.6 is 0 Å². The van der Waals surface area contributed by atoms with Crippen molar-refractivity contribution in [2.75, 3.05) is 37.4 Å². The maximum atomic E-state index is 14.7. The molecule has 1 aromatic carbocycles. The fraction of sp³-hybridized carbons (Fsp3) is 0.435. The van der Waals surface area contributed by atoms with E-state index in [-0.39, 0.29) is 5.56 Å². The van der Waals surface area contributed by atoms with Crippen molar-refractivity contribution < 1.29 is 17.6 Å². The molecular formula is C23H26F4N6. The van der Waals surface area contributed by atoms with E-state index < -0.39 is 23.6 Å². The minimum absolute atomic E-state index is 0.0965. The third-order valence-electron chi connectivity index (χ3n) is 6.26. The van der Waals surface area contributed by atoms with E-state index in [1.165, 1.54) is 12.1 Å². The molecule has 0 amide bonds. The summed E-state index contributed by atoms with van der Waals surface area (Å²) in [6.45, 7) is 5.35. The summed E-state index contributed by atoms with van der Waals surface area (Å²) in [7, 11) is 4.07. The first-order chi connectivity index (χ1) is 15.6. The lowest BCUT2D eigenvalue weighted by atomic mass is 10.0. The number of benzene rings is 1. The molecule has 1 saturated heterocycles. The molecule has 0 aliphatic carbocycles. The number of halogens is 4. The van der Waals surface area contributed by atoms with Gasteiger partial charge in [0.1, 0.15) is 11.6 Å². The summed E-state index contributed by atoms with van der Waals surface area (Å²) in [4.78, 5) is 8.98. The fourth-order valence-corrected chi connectivity index (χ4v) is 4.26. The van der Waals surface area contributed by atoms with E-state index in [9.17, 15) is 17.6 Å². The molecule has 0 unspecified atom stereocenters. The maximum absolute atomic E-state index is 14.7. The molecule has 1 N–H and O–H groups in total. The number of alkyl halides is 3. The second-order valence-corrected chi connectivity index (χ2v) is 8.61. The Balaban J connectivity index is 1.69. The minimum atomic E-state index is -4.77. The zero-order chi connectivity index (χ0) is 23.9. The van der Waals surface area contributed by atoms with Gasteiger partial charge < -0.3 is 15.1 Å². The van der Waals surface area contributed by atoms with E-state index in [1.807, 2.05) is 20.0 Å². The van der Waals surface area contributed by atoms with Crippen LogP contribution in [0.1, 0.15) is 36.2 Å². The number of anilines is 2. The average molecular weight is 462 g/mol. The minimum Gasteiger partial charge on any atom is -0.361 e. The van der Waals surface area contributed by atoms with Crippen LogP contribution in [0.15, 0.2) is 30.5 Å². The van der Waals surface area contributed by atoms with Gasteiger partial charge in [-0.05, 0) is 46.0 Å². The van der Waals surface area contributed by atoms with Crippen molar-refractivity contribution in [3.8, 4) is 0 Å². The van der Waals surface area contributed by atoms with Crippen LogP contribution in [0, 0.1) is 12.7 Å². The molecule has 0 saturated carbocycles. The molecule has 6 nitrogen and oxygen atoms in total. The third kappa shape index (κ3) is 4.57. The lowest BCUT2D eigenvalue weighted by Gasteiger charge is -2.26. The number of nitrogens with one attached hydrogen (secondary N) is 1. The number of rotatable bonds is 5. The average Bonchev–Trinajstić information content (AvgIpc) is 3.20. The van der Waals surface area contributed by atoms with E-state index in [2.05, 4.69) is 37.3 Å². The van der Waals surface area contributed by atoms with Gasteiger partial charge in [-0.2, -0.15) is 18.3 Å². The Morgan fingerprint density at radius 3 is 2.64 bits per heavy atom. The number of pyridine rings is 1. The Hall–Kier alpha value is -3.01. The molecule has 0 radical (unpaired) electrons. The summed E-state index contributed by atoms with van der Waals surface area (Å²) in [5.74, 6) is -0.168. The molecule has 3 aromatic rings. The normalized spacial score (nSPS) is 18.0. The monoisotopic (exact) mass is 462 g/mol. The van der Waals surface area contributed by atoms with E-state index in [1.54, 1.807) is 13.1 Å². The Morgan fingerprint density at radius 1 is 1.21 bits per heavy atom. The second-order valence-electron chi connectivity index (χ2n) is 8.61. The molecule has 1 aliphatic heterocycles. The lowest BCUT2D eigenvalue weighted by molar-refractivity contribution is -0.140. The third-order valence-corrected chi connectivity index (χ3v) is 6.26. The molecular weight excluding hydrogens is 436 g/mol. The smallest absolute Gasteiger partial charge is 0.361 e. The van der Waals surface area contributed by atoms with Crippen molar-refractivity contribution in [2.45, 2.75) is 38.5 Å². The molecule has 3 heterocycles. The fourth-order valence-electron chi connectivity index (χ4n) is 4.26. The summed E-state index contributed by atoms with van der Waals surface area (Å²) in [6.07, 6.45) is -2.02. The second kappa shape index (κ2) is 8.74. The number of likely N-dealkylation sites (tertiary alicyclic amines) is 1. The van der Waals surface area contributed by atoms with Crippen LogP contribution in [-0.2, 0) is 6.18 Å². The molecule has 2 aromatic heterocycles. The highest BCUT2D eigenvalue weighted by molar-refractivity contribution is 5.94. The van der Waals surface area contributed by atoms with Crippen LogP contribution in [0.3, 0.4) is 0 Å². The highest BCUT2D eigenvalue weighted by Gasteiger charge is 2.35. The summed E-state index contributed by atoms with van der Waals surface area (Å²) in [5.41, 5.74) is -0.709. The molecule has 176 valence electrons. The van der Waals surface area contributed by atoms with Gasteiger partial charge in [0.05, 0.1) is 17.3 Å². The Morgan fingerprint density at radius 2 is 1.97 bits per heavy atom. The summed E-state index contributed by atoms with van der Waals surface area (Å²) in [5, 5.41) is 12.9. The van der Waals surface area contributed by atoms with Crippen LogP contribution in [-0.4, -0.2) is 53.3 Å². The van der Waals surface area contributed by atoms with Crippen LogP contribution in [0.2, 0.25) is 0 Å². The molecule has 1 fully saturated rings. The number of nitrogens with zero attached hydrogens (tertiary/aromatic N) is 5. The summed E-state index contributed by atoms with van der Waals surface area (Å²) in [6, 6.07) is 4.72. The van der Waals surface area contributed by atoms with Gasteiger partial charge >= 0.3 is 6.18 Å². The number of hydrogen-bond acceptors (Lipinski definition) is 6. The quantitative estimate of drug-likeness (QED) is 0.550. The van der Waals surface area contributed by atoms with E-state index in [4.69, 9.17) is 0 Å². The zero-order valence-electron chi connectivity index (χ0n) is 18.9. The summed E-state index contributed by atoms with van der Waals surface area (Å²) >= 11 is 0. The van der Waals surface area contributed by atoms with E-state index >= 15 is 0 Å². The van der Waals surface area contributed by atoms with Crippen molar-refractivity contribution in [1.82, 2.24) is 20.1 Å². The van der Waals surface area contributed by atoms with Gasteiger partial charge in [-0.3, -0.25) is 0 Å². The van der Waals surface area contributed by atoms with Gasteiger partial charge in [-0.15, -0.1) is 5.10 Å². The molecule has 0 spiro atoms. The SMILES string of the molecule is Cc1nnc(N[C@H](C)c2cccc(C(F)(F)F)c2F)c2cc(N(C)[C@@H]3CCN(C)C3)ncc12. The number of hydrogen-bond donors (Lipinski definition) is 1. The van der Waals surface area contributed by atoms with Crippen LogP contribution < -0.4 is 10.2 Å². The highest BCUT2D eigenvalue weighted by atomic mass is 19.4. The van der Waals surface area contributed by atoms with Gasteiger partial charge in [-0.1, -0.05) is 12.1 Å². The Labute approximate surface area is 189 Å². The van der Waals surface area contributed by atoms with Crippen molar-refractivity contribution in [3.05, 3.63) is 53.1 Å². The van der Waals surface area contributed by atoms with Crippen molar-refractivity contribution in [3.63, 3.8) is 0 Å². The molecule has 4 rings (SSSR count). The first-order valence-corrected chi connectivity index (χ1v) is 10.7. The lowest BCUT2D eigenvalue weighted by Crippen LogP contribution is -2.34. The van der Waals surface area contributed by atoms with Gasteiger partial charge in [0.15, 0.2) is 5.82 Å². The highest BCUT2D eigenvalue weighted by Crippen LogP contribution is 2.35. The van der Waals surface area contributed by atoms with Crippen LogP contribution in [0.5, 0.6) is 0 Å². The first-order valence-electron chi connectivity index (χ1n) is 10.7. The van der Waals surface area contributed by atoms with E-state index in [0.717, 1.165) is 42.2 Å². The molecule has 1 aliphatic rings. The molecule has 2 atom stereocenters. The first kappa shape index (κ1) is 23.2. The largest absolute Gasteiger partial charge is 0.419 e. The Bertz CT molecular complexity index is 1170. The van der Waals surface area contributed by atoms with Gasteiger partial charge in [-0.25, -0.2) is 9.37 Å². The Kier molecular flexibility index (Phi) is 6.13. The standard InChI is InChI=1S/C23H26F4N6/c1-13(16-6-5-7-19(21(16)24)23(25,26)27)29-22-17-10-20(28-11-18(17)14(2)30-31-22)33(4)15-8-9-32(3)12-15/h5-7,10-11,13,15H,8-9,12H2,1-4H3,(H,29,31)/t13-,15-/m1/s1. The van der Waals surface area contributed by atoms with Gasteiger partial charge in [0.25, 0.3) is 0 Å². The van der Waals surface area contributed by atoms with Gasteiger partial charge in [0, 0.05) is 42.2 Å². The zero-order valence-corrected chi connectivity index (χ0v) is 18.9. The van der Waals surface area contributed by atoms with Crippen LogP contribution in [0.4, 0.5) is 29.2 Å². The topological polar surface area (TPSA) is 57.2 Å². The van der Waals surface area contributed by atoms with Crippen molar-refractivity contribution in [2.24, 2.45) is 0 Å². The van der Waals surface area contributed by atoms with Crippen molar-refractivity contribution in [1.29, 1.82) is 0 Å². The number of aryl methyl sites for hydroxylation is 1. The molecule has 0 bridgehead atoms. The predicted octanol–water partition coefficient (Wildman–Crippen LogP) is 4.80. The van der Waals surface area contributed by atoms with E-state index in [0.29, 0.717) is 17.6 Å². The molecule has 10 heteroatoms. The number of fused-ring (bicyclic) bond motifs is 1. The maximum Gasteiger partial charge on any atom is 0.419 e. The van der Waals surface area contributed by atoms with Crippen molar-refractivity contribution >= 4 is 22.4 Å². The predicted molar refractivity (Wildman–Crippen MR) is 120 cm³/mol. The van der Waals surface area contributed by atoms with Gasteiger partial charge in [0.2, 0.25) is 0 Å². The van der Waals surface area contributed by atoms with Crippen LogP contribution in [0.25, 0.3) is 10.8 Å². The molecule has 33 heavy (non-hydrogen) atoms.